The van der Waals surface area contributed by atoms with Crippen LogP contribution in [0.1, 0.15) is 47.1 Å². The number of hydrogen-bond acceptors (Lipinski definition) is 2. The smallest absolute Gasteiger partial charge is 0.267 e. The molecule has 2 amide bonds. The molecule has 0 saturated heterocycles. The Balaban J connectivity index is 2.25. The van der Waals surface area contributed by atoms with E-state index in [0.717, 1.165) is 5.56 Å². The number of hydrogen-bond donors (Lipinski definition) is 1. The monoisotopic (exact) mass is 390 g/mol. The van der Waals surface area contributed by atoms with Gasteiger partial charge in [0.2, 0.25) is 0 Å². The molecule has 0 aromatic heterocycles. The maximum atomic E-state index is 12.9. The van der Waals surface area contributed by atoms with E-state index in [9.17, 15) is 9.59 Å². The molecule has 0 spiro atoms. The molecule has 26 heavy (non-hydrogen) atoms. The standard InChI is InChI=1S/C20H20Cl2N2O2/c1-20(2,3)24(23-18(25)15-7-5-4-6-8-15)19(26)16-11-9-14(10-12-16)13-17(21)22/h4-13H,1-3H3,(H,23,25). The summed E-state index contributed by atoms with van der Waals surface area (Å²) in [6.07, 6.45) is 1.58. The first-order chi connectivity index (χ1) is 12.2. The van der Waals surface area contributed by atoms with Crippen molar-refractivity contribution < 1.29 is 9.59 Å². The summed E-state index contributed by atoms with van der Waals surface area (Å²) in [6, 6.07) is 15.5. The highest BCUT2D eigenvalue weighted by Gasteiger charge is 2.29. The van der Waals surface area contributed by atoms with Gasteiger partial charge in [-0.15, -0.1) is 0 Å². The van der Waals surface area contributed by atoms with Crippen LogP contribution in [0.2, 0.25) is 0 Å². The molecule has 136 valence electrons. The van der Waals surface area contributed by atoms with Crippen LogP contribution >= 0.6 is 23.2 Å². The summed E-state index contributed by atoms with van der Waals surface area (Å²) in [5.74, 6) is -0.656. The van der Waals surface area contributed by atoms with Crippen LogP contribution in [0.3, 0.4) is 0 Å². The molecule has 0 heterocycles. The second-order valence-electron chi connectivity index (χ2n) is 6.67. The lowest BCUT2D eigenvalue weighted by molar-refractivity contribution is 0.0358. The van der Waals surface area contributed by atoms with Crippen molar-refractivity contribution in [3.8, 4) is 0 Å². The van der Waals surface area contributed by atoms with Gasteiger partial charge in [0.15, 0.2) is 0 Å². The van der Waals surface area contributed by atoms with E-state index in [1.165, 1.54) is 5.01 Å². The summed E-state index contributed by atoms with van der Waals surface area (Å²) in [5.41, 5.74) is 3.79. The topological polar surface area (TPSA) is 49.4 Å². The van der Waals surface area contributed by atoms with Gasteiger partial charge in [-0.1, -0.05) is 53.5 Å². The first-order valence-corrected chi connectivity index (χ1v) is 8.77. The number of carbonyl (C=O) groups is 2. The quantitative estimate of drug-likeness (QED) is 0.745. The Kier molecular flexibility index (Phi) is 6.46. The normalized spacial score (nSPS) is 10.8. The molecular weight excluding hydrogens is 371 g/mol. The van der Waals surface area contributed by atoms with Gasteiger partial charge in [-0.2, -0.15) is 0 Å². The molecule has 0 atom stereocenters. The van der Waals surface area contributed by atoms with Gasteiger partial charge in [0.25, 0.3) is 11.8 Å². The number of halogens is 2. The summed E-state index contributed by atoms with van der Waals surface area (Å²) < 4.78 is 0.135. The van der Waals surface area contributed by atoms with E-state index in [1.807, 2.05) is 26.8 Å². The van der Waals surface area contributed by atoms with E-state index in [-0.39, 0.29) is 16.3 Å². The highest BCUT2D eigenvalue weighted by molar-refractivity contribution is 6.57. The summed E-state index contributed by atoms with van der Waals surface area (Å²) in [7, 11) is 0. The van der Waals surface area contributed by atoms with E-state index in [2.05, 4.69) is 5.43 Å². The molecule has 2 aromatic rings. The molecule has 0 saturated carbocycles. The van der Waals surface area contributed by atoms with Crippen LogP contribution < -0.4 is 5.43 Å². The van der Waals surface area contributed by atoms with Gasteiger partial charge >= 0.3 is 0 Å². The van der Waals surface area contributed by atoms with Gasteiger partial charge in [0.1, 0.15) is 4.49 Å². The van der Waals surface area contributed by atoms with Crippen LogP contribution in [0.4, 0.5) is 0 Å². The highest BCUT2D eigenvalue weighted by atomic mass is 35.5. The highest BCUT2D eigenvalue weighted by Crippen LogP contribution is 2.18. The number of benzene rings is 2. The Bertz CT molecular complexity index is 806. The molecule has 0 aliphatic heterocycles. The number of nitrogens with one attached hydrogen (secondary N) is 1. The van der Waals surface area contributed by atoms with Gasteiger partial charge in [-0.25, -0.2) is 5.01 Å². The number of rotatable bonds is 3. The van der Waals surface area contributed by atoms with E-state index in [4.69, 9.17) is 23.2 Å². The molecule has 0 aliphatic carbocycles. The number of carbonyl (C=O) groups excluding carboxylic acids is 2. The van der Waals surface area contributed by atoms with Gasteiger partial charge in [0, 0.05) is 11.1 Å². The summed E-state index contributed by atoms with van der Waals surface area (Å²) in [4.78, 5) is 25.4. The molecule has 0 unspecified atom stereocenters. The van der Waals surface area contributed by atoms with Crippen LogP contribution in [0.15, 0.2) is 59.1 Å². The van der Waals surface area contributed by atoms with Gasteiger partial charge in [-0.3, -0.25) is 15.0 Å². The predicted molar refractivity (Wildman–Crippen MR) is 106 cm³/mol. The fourth-order valence-electron chi connectivity index (χ4n) is 2.26. The third-order valence-electron chi connectivity index (χ3n) is 3.56. The van der Waals surface area contributed by atoms with Crippen LogP contribution in [-0.2, 0) is 0 Å². The van der Waals surface area contributed by atoms with Crippen LogP contribution in [0.25, 0.3) is 6.08 Å². The van der Waals surface area contributed by atoms with Crippen molar-refractivity contribution in [2.45, 2.75) is 26.3 Å². The van der Waals surface area contributed by atoms with E-state index >= 15 is 0 Å². The predicted octanol–water partition coefficient (Wildman–Crippen LogP) is 5.05. The molecule has 0 bridgehead atoms. The second-order valence-corrected chi connectivity index (χ2v) is 7.68. The van der Waals surface area contributed by atoms with Crippen molar-refractivity contribution in [2.24, 2.45) is 0 Å². The van der Waals surface area contributed by atoms with Crippen LogP contribution in [0, 0.1) is 0 Å². The first kappa shape index (κ1) is 20.0. The summed E-state index contributed by atoms with van der Waals surface area (Å²) in [6.45, 7) is 5.54. The first-order valence-electron chi connectivity index (χ1n) is 8.02. The average molecular weight is 391 g/mol. The minimum absolute atomic E-state index is 0.135. The van der Waals surface area contributed by atoms with Crippen molar-refractivity contribution >= 4 is 41.1 Å². The maximum absolute atomic E-state index is 12.9. The molecular formula is C20H20Cl2N2O2. The fraction of sp³-hybridized carbons (Fsp3) is 0.200. The largest absolute Gasteiger partial charge is 0.272 e. The van der Waals surface area contributed by atoms with E-state index in [1.54, 1.807) is 54.6 Å². The second kappa shape index (κ2) is 8.39. The zero-order chi connectivity index (χ0) is 19.3. The Labute approximate surface area is 163 Å². The average Bonchev–Trinajstić information content (AvgIpc) is 2.59. The Morgan fingerprint density at radius 1 is 0.923 bits per heavy atom. The molecule has 4 nitrogen and oxygen atoms in total. The van der Waals surface area contributed by atoms with Crippen molar-refractivity contribution in [1.29, 1.82) is 0 Å². The molecule has 0 aliphatic rings. The van der Waals surface area contributed by atoms with E-state index in [0.29, 0.717) is 11.1 Å². The number of amides is 2. The molecule has 2 rings (SSSR count). The number of hydrazine groups is 1. The van der Waals surface area contributed by atoms with Crippen molar-refractivity contribution in [3.63, 3.8) is 0 Å². The van der Waals surface area contributed by atoms with Crippen LogP contribution in [-0.4, -0.2) is 22.4 Å². The van der Waals surface area contributed by atoms with Crippen molar-refractivity contribution in [1.82, 2.24) is 10.4 Å². The third-order valence-corrected chi connectivity index (χ3v) is 3.77. The Morgan fingerprint density at radius 3 is 2.00 bits per heavy atom. The minimum atomic E-state index is -0.612. The number of nitrogens with zero attached hydrogens (tertiary/aromatic N) is 1. The molecule has 0 radical (unpaired) electrons. The van der Waals surface area contributed by atoms with Crippen molar-refractivity contribution in [3.05, 3.63) is 75.8 Å². The summed E-state index contributed by atoms with van der Waals surface area (Å²) >= 11 is 11.3. The van der Waals surface area contributed by atoms with Gasteiger partial charge < -0.3 is 0 Å². The SMILES string of the molecule is CC(C)(C)N(NC(=O)c1ccccc1)C(=O)c1ccc(C=C(Cl)Cl)cc1. The molecule has 1 N–H and O–H groups in total. The van der Waals surface area contributed by atoms with Gasteiger partial charge in [-0.05, 0) is 56.7 Å². The summed E-state index contributed by atoms with van der Waals surface area (Å²) in [5, 5.41) is 1.34. The van der Waals surface area contributed by atoms with Crippen molar-refractivity contribution in [2.75, 3.05) is 0 Å². The zero-order valence-electron chi connectivity index (χ0n) is 14.8. The maximum Gasteiger partial charge on any atom is 0.272 e. The van der Waals surface area contributed by atoms with E-state index < -0.39 is 5.54 Å². The minimum Gasteiger partial charge on any atom is -0.267 e. The van der Waals surface area contributed by atoms with Crippen LogP contribution in [0.5, 0.6) is 0 Å². The lowest BCUT2D eigenvalue weighted by Crippen LogP contribution is -2.55. The molecule has 2 aromatic carbocycles. The zero-order valence-corrected chi connectivity index (χ0v) is 16.3. The molecule has 0 fully saturated rings. The fourth-order valence-corrected chi connectivity index (χ4v) is 2.51. The lowest BCUT2D eigenvalue weighted by Gasteiger charge is -2.35. The molecule has 6 heteroatoms. The lowest BCUT2D eigenvalue weighted by atomic mass is 10.1. The Hall–Kier alpha value is -2.30. The Morgan fingerprint density at radius 2 is 1.50 bits per heavy atom. The van der Waals surface area contributed by atoms with Gasteiger partial charge in [0.05, 0.1) is 5.54 Å². The third kappa shape index (κ3) is 5.35.